The van der Waals surface area contributed by atoms with E-state index in [1.165, 1.54) is 17.7 Å². The van der Waals surface area contributed by atoms with E-state index in [0.29, 0.717) is 17.5 Å². The number of benzene rings is 2. The van der Waals surface area contributed by atoms with Gasteiger partial charge in [0.15, 0.2) is 0 Å². The van der Waals surface area contributed by atoms with E-state index in [4.69, 9.17) is 11.6 Å². The lowest BCUT2D eigenvalue weighted by Crippen LogP contribution is -2.44. The summed E-state index contributed by atoms with van der Waals surface area (Å²) in [6.07, 6.45) is 6.51. The first-order chi connectivity index (χ1) is 17.8. The summed E-state index contributed by atoms with van der Waals surface area (Å²) in [6, 6.07) is 12.6. The van der Waals surface area contributed by atoms with Crippen LogP contribution in [-0.2, 0) is 15.0 Å². The first-order valence-electron chi connectivity index (χ1n) is 13.7. The van der Waals surface area contributed by atoms with Gasteiger partial charge in [0.05, 0.1) is 5.41 Å². The Morgan fingerprint density at radius 3 is 2.51 bits per heavy atom. The average Bonchev–Trinajstić information content (AvgIpc) is 3.38. The Labute approximate surface area is 225 Å². The summed E-state index contributed by atoms with van der Waals surface area (Å²) in [5.41, 5.74) is 2.26. The third-order valence-electron chi connectivity index (χ3n) is 8.01. The number of halogens is 2. The largest absolute Gasteiger partial charge is 0.355 e. The Kier molecular flexibility index (Phi) is 9.25. The van der Waals surface area contributed by atoms with Crippen molar-refractivity contribution in [2.45, 2.75) is 70.1 Å². The quantitative estimate of drug-likeness (QED) is 0.378. The Morgan fingerprint density at radius 1 is 1.11 bits per heavy atom. The molecule has 0 radical (unpaired) electrons. The molecular weight excluding hydrogens is 489 g/mol. The normalized spacial score (nSPS) is 18.2. The van der Waals surface area contributed by atoms with Crippen molar-refractivity contribution in [1.82, 2.24) is 10.2 Å². The molecule has 37 heavy (non-hydrogen) atoms. The highest BCUT2D eigenvalue weighted by Gasteiger charge is 2.43. The molecule has 0 atom stereocenters. The number of nitrogens with one attached hydrogen (secondary N) is 2. The molecule has 0 unspecified atom stereocenters. The number of carbonyl (C=O) groups is 2. The number of piperidine rings is 1. The van der Waals surface area contributed by atoms with Crippen LogP contribution in [0.15, 0.2) is 42.5 Å². The van der Waals surface area contributed by atoms with Crippen LogP contribution >= 0.6 is 11.6 Å². The van der Waals surface area contributed by atoms with Crippen LogP contribution in [0.2, 0.25) is 5.02 Å². The highest BCUT2D eigenvalue weighted by atomic mass is 35.5. The van der Waals surface area contributed by atoms with Gasteiger partial charge in [0, 0.05) is 23.2 Å². The smallest absolute Gasteiger partial charge is 0.230 e. The second-order valence-electron chi connectivity index (χ2n) is 10.9. The van der Waals surface area contributed by atoms with Crippen molar-refractivity contribution < 1.29 is 14.0 Å². The van der Waals surface area contributed by atoms with Crippen molar-refractivity contribution in [2.24, 2.45) is 5.92 Å². The molecule has 1 aliphatic carbocycles. The lowest BCUT2D eigenvalue weighted by molar-refractivity contribution is -0.126. The molecule has 2 aliphatic rings. The molecule has 2 amide bonds. The summed E-state index contributed by atoms with van der Waals surface area (Å²) in [4.78, 5) is 27.8. The second kappa shape index (κ2) is 12.4. The fourth-order valence-electron chi connectivity index (χ4n) is 5.80. The van der Waals surface area contributed by atoms with Gasteiger partial charge in [-0.3, -0.25) is 9.59 Å². The molecule has 2 aromatic rings. The molecule has 2 fully saturated rings. The van der Waals surface area contributed by atoms with Crippen molar-refractivity contribution in [1.29, 1.82) is 0 Å². The summed E-state index contributed by atoms with van der Waals surface area (Å²) in [7, 11) is 0. The van der Waals surface area contributed by atoms with Crippen LogP contribution in [0.3, 0.4) is 0 Å². The van der Waals surface area contributed by atoms with Gasteiger partial charge in [0.2, 0.25) is 11.8 Å². The van der Waals surface area contributed by atoms with Crippen molar-refractivity contribution in [3.8, 4) is 0 Å². The van der Waals surface area contributed by atoms with Crippen LogP contribution in [-0.4, -0.2) is 42.9 Å². The third kappa shape index (κ3) is 6.71. The van der Waals surface area contributed by atoms with Crippen LogP contribution in [0.25, 0.3) is 0 Å². The molecule has 0 spiro atoms. The van der Waals surface area contributed by atoms with Crippen molar-refractivity contribution >= 4 is 29.1 Å². The zero-order valence-electron chi connectivity index (χ0n) is 22.0. The summed E-state index contributed by atoms with van der Waals surface area (Å²) in [6.45, 7) is 7.41. The molecule has 4 rings (SSSR count). The number of likely N-dealkylation sites (tertiary alicyclic amines) is 1. The van der Waals surface area contributed by atoms with Gasteiger partial charge in [-0.15, -0.1) is 0 Å². The van der Waals surface area contributed by atoms with Gasteiger partial charge in [0.25, 0.3) is 0 Å². The lowest BCUT2D eigenvalue weighted by atomic mass is 9.78. The van der Waals surface area contributed by atoms with Crippen molar-refractivity contribution in [3.63, 3.8) is 0 Å². The highest BCUT2D eigenvalue weighted by Crippen LogP contribution is 2.44. The van der Waals surface area contributed by atoms with Gasteiger partial charge in [-0.25, -0.2) is 4.39 Å². The third-order valence-corrected chi connectivity index (χ3v) is 8.33. The van der Waals surface area contributed by atoms with Crippen molar-refractivity contribution in [2.75, 3.05) is 31.5 Å². The first-order valence-corrected chi connectivity index (χ1v) is 14.0. The zero-order valence-corrected chi connectivity index (χ0v) is 22.7. The minimum absolute atomic E-state index is 0.0154. The van der Waals surface area contributed by atoms with Crippen LogP contribution in [0.4, 0.5) is 10.1 Å². The van der Waals surface area contributed by atoms with Gasteiger partial charge in [0.1, 0.15) is 5.82 Å². The van der Waals surface area contributed by atoms with Crippen LogP contribution in [0.5, 0.6) is 0 Å². The molecule has 2 aromatic carbocycles. The first kappa shape index (κ1) is 27.6. The van der Waals surface area contributed by atoms with E-state index in [-0.39, 0.29) is 23.5 Å². The maximum atomic E-state index is 13.6. The van der Waals surface area contributed by atoms with Gasteiger partial charge >= 0.3 is 0 Å². The maximum Gasteiger partial charge on any atom is 0.230 e. The second-order valence-corrected chi connectivity index (χ2v) is 11.3. The molecule has 1 saturated heterocycles. The van der Waals surface area contributed by atoms with Crippen LogP contribution < -0.4 is 10.6 Å². The minimum atomic E-state index is -0.647. The highest BCUT2D eigenvalue weighted by molar-refractivity contribution is 6.31. The average molecular weight is 528 g/mol. The number of nitrogens with zero attached hydrogens (tertiary/aromatic N) is 1. The molecule has 5 nitrogen and oxygen atoms in total. The predicted molar refractivity (Wildman–Crippen MR) is 148 cm³/mol. The van der Waals surface area contributed by atoms with Gasteiger partial charge in [-0.05, 0) is 93.0 Å². The van der Waals surface area contributed by atoms with E-state index in [0.717, 1.165) is 75.8 Å². The molecule has 7 heteroatoms. The monoisotopic (exact) mass is 527 g/mol. The molecular formula is C30H39ClFN3O2. The summed E-state index contributed by atoms with van der Waals surface area (Å²) < 4.78 is 13.6. The van der Waals surface area contributed by atoms with Crippen molar-refractivity contribution in [3.05, 3.63) is 64.4 Å². The van der Waals surface area contributed by atoms with E-state index in [1.807, 2.05) is 26.0 Å². The lowest BCUT2D eigenvalue weighted by Gasteiger charge is -2.33. The van der Waals surface area contributed by atoms with E-state index >= 15 is 0 Å². The minimum Gasteiger partial charge on any atom is -0.355 e. The van der Waals surface area contributed by atoms with Gasteiger partial charge in [-0.2, -0.15) is 0 Å². The fraction of sp³-hybridized carbons (Fsp3) is 0.533. The zero-order chi connectivity index (χ0) is 26.4. The Morgan fingerprint density at radius 2 is 1.84 bits per heavy atom. The van der Waals surface area contributed by atoms with Crippen LogP contribution in [0, 0.1) is 11.7 Å². The Bertz CT molecular complexity index is 1090. The molecule has 2 N–H and O–H groups in total. The maximum absolute atomic E-state index is 13.6. The van der Waals surface area contributed by atoms with E-state index in [2.05, 4.69) is 27.7 Å². The summed E-state index contributed by atoms with van der Waals surface area (Å²) in [5, 5.41) is 6.50. The molecule has 1 heterocycles. The number of hydrogen-bond donors (Lipinski definition) is 2. The van der Waals surface area contributed by atoms with E-state index in [9.17, 15) is 14.0 Å². The standard InChI is InChI=1S/C30H39ClFN3O2/c1-21(2)28(36)34-25-8-5-7-23(19-25)22-11-17-35(18-12-22)16-6-15-33-29(37)30(13-3-4-14-30)26-10-9-24(32)20-27(26)31/h5,7-10,19-22H,3-4,6,11-18H2,1-2H3,(H,33,37)(H,34,36). The number of rotatable bonds is 9. The molecule has 1 saturated carbocycles. The Hall–Kier alpha value is -2.44. The molecule has 200 valence electrons. The molecule has 0 bridgehead atoms. The number of amides is 2. The predicted octanol–water partition coefficient (Wildman–Crippen LogP) is 6.27. The summed E-state index contributed by atoms with van der Waals surface area (Å²) >= 11 is 6.36. The number of carbonyl (C=O) groups excluding carboxylic acids is 2. The molecule has 0 aromatic heterocycles. The molecule has 1 aliphatic heterocycles. The van der Waals surface area contributed by atoms with E-state index in [1.54, 1.807) is 6.07 Å². The SMILES string of the molecule is CC(C)C(=O)Nc1cccc(C2CCN(CCCNC(=O)C3(c4ccc(F)cc4Cl)CCCC3)CC2)c1. The summed E-state index contributed by atoms with van der Waals surface area (Å²) in [5.74, 6) is 0.132. The van der Waals surface area contributed by atoms with Crippen LogP contribution in [0.1, 0.15) is 75.8 Å². The van der Waals surface area contributed by atoms with E-state index < -0.39 is 5.41 Å². The fourth-order valence-corrected chi connectivity index (χ4v) is 6.14. The van der Waals surface area contributed by atoms with Gasteiger partial charge < -0.3 is 15.5 Å². The number of anilines is 1. The topological polar surface area (TPSA) is 61.4 Å². The van der Waals surface area contributed by atoms with Gasteiger partial charge in [-0.1, -0.05) is 56.5 Å². The Balaban J connectivity index is 1.23. The number of hydrogen-bond acceptors (Lipinski definition) is 3.